The second-order valence-corrected chi connectivity index (χ2v) is 5.17. The molecule has 0 atom stereocenters. The minimum absolute atomic E-state index is 0.697. The molecule has 2 aromatic rings. The molecule has 0 unspecified atom stereocenters. The van der Waals surface area contributed by atoms with E-state index in [4.69, 9.17) is 27.9 Å². The molecule has 0 bridgehead atoms. The lowest BCUT2D eigenvalue weighted by molar-refractivity contribution is 0.471. The molecule has 0 saturated carbocycles. The first kappa shape index (κ1) is 14.2. The van der Waals surface area contributed by atoms with Crippen molar-refractivity contribution in [1.29, 1.82) is 0 Å². The molecule has 0 aliphatic rings. The summed E-state index contributed by atoms with van der Waals surface area (Å²) in [6.45, 7) is 2.66. The lowest BCUT2D eigenvalue weighted by Gasteiger charge is -2.13. The van der Waals surface area contributed by atoms with E-state index < -0.39 is 0 Å². The van der Waals surface area contributed by atoms with Crippen LogP contribution in [0.5, 0.6) is 11.5 Å². The molecular formula is C15H15Cl2NO. The topological polar surface area (TPSA) is 21.3 Å². The first-order valence-corrected chi connectivity index (χ1v) is 6.73. The lowest BCUT2D eigenvalue weighted by Crippen LogP contribution is -2.06. The number of hydrogen-bond acceptors (Lipinski definition) is 2. The van der Waals surface area contributed by atoms with Crippen LogP contribution < -0.4 is 10.1 Å². The van der Waals surface area contributed by atoms with Gasteiger partial charge < -0.3 is 10.1 Å². The Morgan fingerprint density at radius 1 is 1.00 bits per heavy atom. The van der Waals surface area contributed by atoms with Crippen LogP contribution in [0, 0.1) is 6.92 Å². The van der Waals surface area contributed by atoms with Crippen LogP contribution in [-0.4, -0.2) is 7.05 Å². The molecule has 0 fully saturated rings. The number of halogens is 2. The van der Waals surface area contributed by atoms with Crippen LogP contribution in [0.25, 0.3) is 0 Å². The summed E-state index contributed by atoms with van der Waals surface area (Å²) in [5.41, 5.74) is 2.02. The zero-order valence-corrected chi connectivity index (χ0v) is 12.3. The molecule has 1 N–H and O–H groups in total. The molecule has 0 aliphatic carbocycles. The molecule has 100 valence electrons. The molecule has 0 radical (unpaired) electrons. The van der Waals surface area contributed by atoms with E-state index in [2.05, 4.69) is 5.32 Å². The number of aryl methyl sites for hydroxylation is 1. The van der Waals surface area contributed by atoms with Crippen molar-refractivity contribution in [2.75, 3.05) is 7.05 Å². The third-order valence-electron chi connectivity index (χ3n) is 2.75. The van der Waals surface area contributed by atoms with E-state index in [0.717, 1.165) is 22.6 Å². The van der Waals surface area contributed by atoms with Gasteiger partial charge >= 0.3 is 0 Å². The fourth-order valence-corrected chi connectivity index (χ4v) is 2.24. The highest BCUT2D eigenvalue weighted by molar-refractivity contribution is 6.31. The van der Waals surface area contributed by atoms with E-state index in [-0.39, 0.29) is 0 Å². The van der Waals surface area contributed by atoms with Gasteiger partial charge in [0, 0.05) is 22.2 Å². The molecule has 19 heavy (non-hydrogen) atoms. The van der Waals surface area contributed by atoms with Crippen molar-refractivity contribution in [2.45, 2.75) is 13.5 Å². The maximum Gasteiger partial charge on any atom is 0.132 e. The van der Waals surface area contributed by atoms with Crippen molar-refractivity contribution in [3.05, 3.63) is 57.6 Å². The first-order valence-electron chi connectivity index (χ1n) is 5.97. The molecule has 2 rings (SSSR count). The number of ether oxygens (including phenoxy) is 1. The molecule has 0 aliphatic heterocycles. The van der Waals surface area contributed by atoms with Gasteiger partial charge in [0.25, 0.3) is 0 Å². The number of benzene rings is 2. The van der Waals surface area contributed by atoms with Gasteiger partial charge in [0.15, 0.2) is 0 Å². The van der Waals surface area contributed by atoms with Crippen molar-refractivity contribution in [3.63, 3.8) is 0 Å². The highest BCUT2D eigenvalue weighted by Crippen LogP contribution is 2.31. The molecule has 0 heterocycles. The Balaban J connectivity index is 2.32. The Morgan fingerprint density at radius 2 is 1.63 bits per heavy atom. The van der Waals surface area contributed by atoms with E-state index >= 15 is 0 Å². The largest absolute Gasteiger partial charge is 0.457 e. The van der Waals surface area contributed by atoms with Crippen molar-refractivity contribution in [3.8, 4) is 11.5 Å². The van der Waals surface area contributed by atoms with Gasteiger partial charge in [0.2, 0.25) is 0 Å². The number of hydrogen-bond donors (Lipinski definition) is 1. The summed E-state index contributed by atoms with van der Waals surface area (Å²) < 4.78 is 5.95. The minimum Gasteiger partial charge on any atom is -0.457 e. The van der Waals surface area contributed by atoms with E-state index in [0.29, 0.717) is 16.6 Å². The summed E-state index contributed by atoms with van der Waals surface area (Å²) in [5, 5.41) is 4.51. The van der Waals surface area contributed by atoms with Crippen LogP contribution >= 0.6 is 23.2 Å². The molecule has 0 spiro atoms. The lowest BCUT2D eigenvalue weighted by atomic mass is 10.2. The maximum atomic E-state index is 6.01. The molecule has 4 heteroatoms. The minimum atomic E-state index is 0.697. The second kappa shape index (κ2) is 6.29. The average molecular weight is 296 g/mol. The summed E-state index contributed by atoms with van der Waals surface area (Å²) in [7, 11) is 1.89. The Labute approximate surface area is 123 Å². The van der Waals surface area contributed by atoms with Gasteiger partial charge in [-0.15, -0.1) is 0 Å². The molecule has 0 saturated heterocycles. The maximum absolute atomic E-state index is 6.01. The van der Waals surface area contributed by atoms with E-state index in [1.807, 2.05) is 50.4 Å². The van der Waals surface area contributed by atoms with Crippen molar-refractivity contribution < 1.29 is 4.74 Å². The Morgan fingerprint density at radius 3 is 2.26 bits per heavy atom. The van der Waals surface area contributed by atoms with Crippen molar-refractivity contribution in [1.82, 2.24) is 5.32 Å². The molecule has 0 aromatic heterocycles. The monoisotopic (exact) mass is 295 g/mol. The molecule has 2 nitrogen and oxygen atoms in total. The van der Waals surface area contributed by atoms with Crippen LogP contribution in [0.15, 0.2) is 36.4 Å². The van der Waals surface area contributed by atoms with E-state index in [1.54, 1.807) is 0 Å². The fraction of sp³-hybridized carbons (Fsp3) is 0.200. The van der Waals surface area contributed by atoms with Crippen LogP contribution in [0.3, 0.4) is 0 Å². The van der Waals surface area contributed by atoms with Crippen molar-refractivity contribution >= 4 is 23.2 Å². The van der Waals surface area contributed by atoms with Crippen LogP contribution in [0.4, 0.5) is 0 Å². The highest BCUT2D eigenvalue weighted by atomic mass is 35.5. The summed E-state index contributed by atoms with van der Waals surface area (Å²) in [6.07, 6.45) is 0. The third-order valence-corrected chi connectivity index (χ3v) is 3.22. The molecular weight excluding hydrogens is 281 g/mol. The van der Waals surface area contributed by atoms with Crippen LogP contribution in [0.1, 0.15) is 11.1 Å². The number of nitrogens with one attached hydrogen (secondary N) is 1. The normalized spacial score (nSPS) is 10.5. The number of rotatable bonds is 4. The van der Waals surface area contributed by atoms with Crippen LogP contribution in [-0.2, 0) is 6.54 Å². The van der Waals surface area contributed by atoms with Gasteiger partial charge in [-0.3, -0.25) is 0 Å². The van der Waals surface area contributed by atoms with Gasteiger partial charge in [0.05, 0.1) is 0 Å². The Kier molecular flexibility index (Phi) is 4.70. The standard InChI is InChI=1S/C15H15Cl2NO/c1-10-7-12(16)3-5-14(10)19-15-6-4-13(17)8-11(15)9-18-2/h3-8,18H,9H2,1-2H3. The van der Waals surface area contributed by atoms with Gasteiger partial charge in [-0.1, -0.05) is 23.2 Å². The first-order chi connectivity index (χ1) is 9.10. The fourth-order valence-electron chi connectivity index (χ4n) is 1.82. The third kappa shape index (κ3) is 3.63. The molecule has 0 amide bonds. The van der Waals surface area contributed by atoms with Crippen molar-refractivity contribution in [2.24, 2.45) is 0 Å². The predicted octanol–water partition coefficient (Wildman–Crippen LogP) is 4.81. The van der Waals surface area contributed by atoms with Gasteiger partial charge in [0.1, 0.15) is 11.5 Å². The highest BCUT2D eigenvalue weighted by Gasteiger charge is 2.07. The van der Waals surface area contributed by atoms with Gasteiger partial charge in [-0.05, 0) is 55.9 Å². The van der Waals surface area contributed by atoms with Crippen LogP contribution in [0.2, 0.25) is 10.0 Å². The summed E-state index contributed by atoms with van der Waals surface area (Å²) in [4.78, 5) is 0. The zero-order chi connectivity index (χ0) is 13.8. The van der Waals surface area contributed by atoms with Gasteiger partial charge in [-0.2, -0.15) is 0 Å². The SMILES string of the molecule is CNCc1cc(Cl)ccc1Oc1ccc(Cl)cc1C. The summed E-state index contributed by atoms with van der Waals surface area (Å²) in [5.74, 6) is 1.59. The summed E-state index contributed by atoms with van der Waals surface area (Å²) in [6, 6.07) is 11.2. The predicted molar refractivity (Wildman–Crippen MR) is 80.5 cm³/mol. The molecule has 2 aromatic carbocycles. The smallest absolute Gasteiger partial charge is 0.132 e. The quantitative estimate of drug-likeness (QED) is 0.874. The van der Waals surface area contributed by atoms with E-state index in [1.165, 1.54) is 0 Å². The summed E-state index contributed by atoms with van der Waals surface area (Å²) >= 11 is 11.9. The van der Waals surface area contributed by atoms with Gasteiger partial charge in [-0.25, -0.2) is 0 Å². The average Bonchev–Trinajstić information content (AvgIpc) is 2.36. The van der Waals surface area contributed by atoms with E-state index in [9.17, 15) is 0 Å². The Bertz CT molecular complexity index is 584. The second-order valence-electron chi connectivity index (χ2n) is 4.29. The Hall–Kier alpha value is -1.22. The zero-order valence-electron chi connectivity index (χ0n) is 10.8.